The van der Waals surface area contributed by atoms with Crippen LogP contribution in [0.3, 0.4) is 0 Å². The average molecular weight is 310 g/mol. The molecule has 0 saturated carbocycles. The topological polar surface area (TPSA) is 15.3 Å². The van der Waals surface area contributed by atoms with E-state index in [-0.39, 0.29) is 12.4 Å². The van der Waals surface area contributed by atoms with Gasteiger partial charge in [0.25, 0.3) is 0 Å². The molecular weight excluding hydrogens is 291 g/mol. The zero-order valence-corrected chi connectivity index (χ0v) is 12.8. The number of likely N-dealkylation sites (N-methyl/N-ethyl adjacent to an activating group) is 1. The van der Waals surface area contributed by atoms with Gasteiger partial charge in [0.2, 0.25) is 0 Å². The van der Waals surface area contributed by atoms with Crippen molar-refractivity contribution in [2.45, 2.75) is 25.4 Å². The Morgan fingerprint density at radius 3 is 2.72 bits per heavy atom. The van der Waals surface area contributed by atoms with Crippen LogP contribution in [0.5, 0.6) is 0 Å². The highest BCUT2D eigenvalue weighted by Gasteiger charge is 2.17. The number of hydrogen-bond acceptors (Lipinski definition) is 2. The first kappa shape index (κ1) is 16.1. The van der Waals surface area contributed by atoms with Gasteiger partial charge < -0.3 is 5.32 Å². The Hall–Kier alpha value is 0.01000. The molecule has 1 saturated heterocycles. The van der Waals surface area contributed by atoms with Gasteiger partial charge in [-0.15, -0.1) is 12.4 Å². The van der Waals surface area contributed by atoms with Crippen molar-refractivity contribution in [3.05, 3.63) is 33.8 Å². The predicted molar refractivity (Wildman–Crippen MR) is 81.1 cm³/mol. The molecule has 1 unspecified atom stereocenters. The third kappa shape index (κ3) is 4.29. The van der Waals surface area contributed by atoms with Crippen LogP contribution in [0.2, 0.25) is 10.0 Å². The zero-order chi connectivity index (χ0) is 12.3. The van der Waals surface area contributed by atoms with E-state index in [2.05, 4.69) is 17.3 Å². The van der Waals surface area contributed by atoms with Crippen molar-refractivity contribution in [2.24, 2.45) is 0 Å². The summed E-state index contributed by atoms with van der Waals surface area (Å²) in [5.74, 6) is 0. The highest BCUT2D eigenvalue weighted by atomic mass is 35.5. The Labute approximate surface area is 125 Å². The van der Waals surface area contributed by atoms with Crippen molar-refractivity contribution in [1.82, 2.24) is 10.2 Å². The van der Waals surface area contributed by atoms with Gasteiger partial charge in [-0.2, -0.15) is 0 Å². The van der Waals surface area contributed by atoms with E-state index < -0.39 is 0 Å². The molecule has 0 aromatic heterocycles. The van der Waals surface area contributed by atoms with Gasteiger partial charge in [-0.3, -0.25) is 4.90 Å². The molecule has 1 fully saturated rings. The Balaban J connectivity index is 0.00000162. The van der Waals surface area contributed by atoms with Gasteiger partial charge in [-0.1, -0.05) is 29.3 Å². The molecule has 1 atom stereocenters. The van der Waals surface area contributed by atoms with Crippen molar-refractivity contribution in [3.8, 4) is 0 Å². The Bertz CT molecular complexity index is 378. The number of nitrogens with one attached hydrogen (secondary N) is 1. The predicted octanol–water partition coefficient (Wildman–Crippen LogP) is 3.60. The minimum Gasteiger partial charge on any atom is -0.315 e. The van der Waals surface area contributed by atoms with Crippen molar-refractivity contribution in [1.29, 1.82) is 0 Å². The average Bonchev–Trinajstić information content (AvgIpc) is 2.35. The van der Waals surface area contributed by atoms with Crippen LogP contribution >= 0.6 is 35.6 Å². The number of halogens is 3. The van der Waals surface area contributed by atoms with Crippen molar-refractivity contribution in [3.63, 3.8) is 0 Å². The molecule has 0 amide bonds. The molecule has 1 N–H and O–H groups in total. The summed E-state index contributed by atoms with van der Waals surface area (Å²) in [4.78, 5) is 2.38. The molecule has 1 aromatic rings. The Morgan fingerprint density at radius 2 is 2.11 bits per heavy atom. The van der Waals surface area contributed by atoms with E-state index >= 15 is 0 Å². The lowest BCUT2D eigenvalue weighted by atomic mass is 10.1. The first-order valence-electron chi connectivity index (χ1n) is 6.01. The number of hydrogen-bond donors (Lipinski definition) is 1. The van der Waals surface area contributed by atoms with Gasteiger partial charge in [0, 0.05) is 19.1 Å². The van der Waals surface area contributed by atoms with E-state index in [1.165, 1.54) is 18.4 Å². The molecule has 2 rings (SSSR count). The maximum atomic E-state index is 6.02. The quantitative estimate of drug-likeness (QED) is 0.918. The summed E-state index contributed by atoms with van der Waals surface area (Å²) in [6.45, 7) is 3.15. The second-order valence-electron chi connectivity index (χ2n) is 4.66. The minimum atomic E-state index is 0. The molecule has 1 aliphatic rings. The molecule has 1 aliphatic heterocycles. The minimum absolute atomic E-state index is 0. The molecular formula is C13H19Cl3N2. The summed E-state index contributed by atoms with van der Waals surface area (Å²) >= 11 is 11.9. The standard InChI is InChI=1S/C13H18Cl2N2.ClH/c1-17(11-3-2-6-16-8-11)9-10-4-5-12(14)13(15)7-10;/h4-5,7,11,16H,2-3,6,8-9H2,1H3;1H. The van der Waals surface area contributed by atoms with Crippen molar-refractivity contribution in [2.75, 3.05) is 20.1 Å². The number of nitrogens with zero attached hydrogens (tertiary/aromatic N) is 1. The molecule has 0 bridgehead atoms. The molecule has 18 heavy (non-hydrogen) atoms. The fourth-order valence-electron chi connectivity index (χ4n) is 2.26. The molecule has 102 valence electrons. The van der Waals surface area contributed by atoms with Gasteiger partial charge in [-0.25, -0.2) is 0 Å². The molecule has 1 heterocycles. The van der Waals surface area contributed by atoms with Gasteiger partial charge >= 0.3 is 0 Å². The van der Waals surface area contributed by atoms with Crippen molar-refractivity contribution < 1.29 is 0 Å². The summed E-state index contributed by atoms with van der Waals surface area (Å²) in [7, 11) is 2.17. The number of benzene rings is 1. The van der Waals surface area contributed by atoms with Gasteiger partial charge in [-0.05, 0) is 44.1 Å². The summed E-state index contributed by atoms with van der Waals surface area (Å²) in [5, 5.41) is 4.69. The van der Waals surface area contributed by atoms with Crippen LogP contribution in [-0.2, 0) is 6.54 Å². The van der Waals surface area contributed by atoms with E-state index in [4.69, 9.17) is 23.2 Å². The third-order valence-electron chi connectivity index (χ3n) is 3.31. The largest absolute Gasteiger partial charge is 0.315 e. The molecule has 5 heteroatoms. The number of rotatable bonds is 3. The van der Waals surface area contributed by atoms with Crippen LogP contribution in [0, 0.1) is 0 Å². The maximum Gasteiger partial charge on any atom is 0.0595 e. The lowest BCUT2D eigenvalue weighted by Crippen LogP contribution is -2.43. The van der Waals surface area contributed by atoms with E-state index in [1.54, 1.807) is 0 Å². The molecule has 0 aliphatic carbocycles. The fraction of sp³-hybridized carbons (Fsp3) is 0.538. The van der Waals surface area contributed by atoms with Crippen LogP contribution in [0.15, 0.2) is 18.2 Å². The summed E-state index contributed by atoms with van der Waals surface area (Å²) < 4.78 is 0. The lowest BCUT2D eigenvalue weighted by molar-refractivity contribution is 0.196. The highest BCUT2D eigenvalue weighted by molar-refractivity contribution is 6.42. The van der Waals surface area contributed by atoms with E-state index in [1.807, 2.05) is 18.2 Å². The van der Waals surface area contributed by atoms with E-state index in [0.29, 0.717) is 16.1 Å². The highest BCUT2D eigenvalue weighted by Crippen LogP contribution is 2.23. The van der Waals surface area contributed by atoms with Crippen molar-refractivity contribution >= 4 is 35.6 Å². The monoisotopic (exact) mass is 308 g/mol. The van der Waals surface area contributed by atoms with Crippen LogP contribution in [0.1, 0.15) is 18.4 Å². The van der Waals surface area contributed by atoms with Gasteiger partial charge in [0.1, 0.15) is 0 Å². The first-order valence-corrected chi connectivity index (χ1v) is 6.77. The molecule has 0 spiro atoms. The second kappa shape index (κ2) is 7.56. The van der Waals surface area contributed by atoms with E-state index in [9.17, 15) is 0 Å². The molecule has 2 nitrogen and oxygen atoms in total. The summed E-state index contributed by atoms with van der Waals surface area (Å²) in [6, 6.07) is 6.49. The Kier molecular flexibility index (Phi) is 6.75. The third-order valence-corrected chi connectivity index (χ3v) is 4.05. The normalized spacial score (nSPS) is 19.7. The smallest absolute Gasteiger partial charge is 0.0595 e. The second-order valence-corrected chi connectivity index (χ2v) is 5.48. The van der Waals surface area contributed by atoms with E-state index in [0.717, 1.165) is 19.6 Å². The number of piperidine rings is 1. The fourth-order valence-corrected chi connectivity index (χ4v) is 2.59. The van der Waals surface area contributed by atoms with Gasteiger partial charge in [0.15, 0.2) is 0 Å². The maximum absolute atomic E-state index is 6.02. The van der Waals surface area contributed by atoms with Gasteiger partial charge in [0.05, 0.1) is 10.0 Å². The SMILES string of the molecule is CN(Cc1ccc(Cl)c(Cl)c1)C1CCCNC1.Cl. The zero-order valence-electron chi connectivity index (χ0n) is 10.5. The summed E-state index contributed by atoms with van der Waals surface area (Å²) in [6.07, 6.45) is 2.53. The Morgan fingerprint density at radius 1 is 1.33 bits per heavy atom. The molecule has 1 aromatic carbocycles. The van der Waals surface area contributed by atoms with Crippen LogP contribution in [0.25, 0.3) is 0 Å². The summed E-state index contributed by atoms with van der Waals surface area (Å²) in [5.41, 5.74) is 1.22. The van der Waals surface area contributed by atoms with Crippen LogP contribution < -0.4 is 5.32 Å². The lowest BCUT2D eigenvalue weighted by Gasteiger charge is -2.31. The van der Waals surface area contributed by atoms with Crippen LogP contribution in [0.4, 0.5) is 0 Å². The van der Waals surface area contributed by atoms with Crippen LogP contribution in [-0.4, -0.2) is 31.1 Å². The first-order chi connectivity index (χ1) is 8.16. The molecule has 0 radical (unpaired) electrons.